The zero-order valence-electron chi connectivity index (χ0n) is 8.29. The normalized spacial score (nSPS) is 37.8. The fourth-order valence-corrected chi connectivity index (χ4v) is 3.20. The second-order valence-electron chi connectivity index (χ2n) is 4.02. The first-order chi connectivity index (χ1) is 6.31. The molecule has 1 saturated carbocycles. The van der Waals surface area contributed by atoms with E-state index in [9.17, 15) is 0 Å². The predicted molar refractivity (Wildman–Crippen MR) is 55.3 cm³/mol. The zero-order chi connectivity index (χ0) is 9.26. The minimum Gasteiger partial charge on any atom is -0.419 e. The number of epoxide rings is 1. The highest BCUT2D eigenvalue weighted by Gasteiger charge is 2.44. The molecule has 0 spiro atoms. The van der Waals surface area contributed by atoms with E-state index in [1.165, 1.54) is 24.5 Å². The highest BCUT2D eigenvalue weighted by molar-refractivity contribution is 6.37. The summed E-state index contributed by atoms with van der Waals surface area (Å²) in [4.78, 5) is 0. The van der Waals surface area contributed by atoms with Crippen molar-refractivity contribution in [2.24, 2.45) is 5.92 Å². The molecule has 2 aliphatic rings. The van der Waals surface area contributed by atoms with E-state index in [0.717, 1.165) is 6.61 Å². The van der Waals surface area contributed by atoms with Gasteiger partial charge in [-0.25, -0.2) is 0 Å². The van der Waals surface area contributed by atoms with Crippen molar-refractivity contribution in [1.82, 2.24) is 0 Å². The summed E-state index contributed by atoms with van der Waals surface area (Å²) in [5.74, 6) is 0.710. The van der Waals surface area contributed by atoms with Gasteiger partial charge in [-0.1, -0.05) is 5.20 Å². The molecule has 1 saturated heterocycles. The Hall–Kier alpha value is -0.123. The number of allylic oxidation sites excluding steroid dienone is 1. The number of hydrogen-bond acceptors (Lipinski definition) is 2. The topological polar surface area (TPSA) is 21.8 Å². The van der Waals surface area contributed by atoms with Crippen molar-refractivity contribution < 1.29 is 9.16 Å². The molecular formula is C10H18O2Si. The van der Waals surface area contributed by atoms with Crippen molar-refractivity contribution in [2.75, 3.05) is 6.61 Å². The van der Waals surface area contributed by atoms with Gasteiger partial charge in [0.2, 0.25) is 0 Å². The lowest BCUT2D eigenvalue weighted by Gasteiger charge is -2.20. The van der Waals surface area contributed by atoms with Gasteiger partial charge in [0.1, 0.15) is 0 Å². The van der Waals surface area contributed by atoms with Gasteiger partial charge in [0.15, 0.2) is 9.76 Å². The summed E-state index contributed by atoms with van der Waals surface area (Å²) in [6.07, 6.45) is 4.92. The Morgan fingerprint density at radius 1 is 1.54 bits per heavy atom. The van der Waals surface area contributed by atoms with Crippen LogP contribution in [0.25, 0.3) is 0 Å². The molecule has 0 aromatic rings. The van der Waals surface area contributed by atoms with E-state index in [2.05, 4.69) is 13.5 Å². The first-order valence-corrected chi connectivity index (χ1v) is 6.50. The van der Waals surface area contributed by atoms with Crippen LogP contribution in [0.15, 0.2) is 11.8 Å². The molecule has 13 heavy (non-hydrogen) atoms. The molecule has 2 fully saturated rings. The van der Waals surface area contributed by atoms with E-state index in [4.69, 9.17) is 9.16 Å². The van der Waals surface area contributed by atoms with E-state index < -0.39 is 9.76 Å². The summed E-state index contributed by atoms with van der Waals surface area (Å²) in [7, 11) is -0.463. The molecule has 0 amide bonds. The van der Waals surface area contributed by atoms with Crippen molar-refractivity contribution in [3.8, 4) is 0 Å². The standard InChI is InChI=1S/C10H18O2Si/c1-3-11-13-7(2)8-4-5-9-10(6-8)12-9/h8-10H,2-6,13H2,1H3. The van der Waals surface area contributed by atoms with E-state index in [1.807, 2.05) is 0 Å². The predicted octanol–water partition coefficient (Wildman–Crippen LogP) is 1.19. The summed E-state index contributed by atoms with van der Waals surface area (Å²) in [5.41, 5.74) is 0. The minimum absolute atomic E-state index is 0.463. The van der Waals surface area contributed by atoms with Crippen molar-refractivity contribution in [2.45, 2.75) is 38.4 Å². The fourth-order valence-electron chi connectivity index (χ4n) is 2.13. The molecule has 0 aromatic heterocycles. The van der Waals surface area contributed by atoms with Gasteiger partial charge >= 0.3 is 0 Å². The van der Waals surface area contributed by atoms with Crippen LogP contribution in [0, 0.1) is 5.92 Å². The number of fused-ring (bicyclic) bond motifs is 1. The summed E-state index contributed by atoms with van der Waals surface area (Å²) in [6.45, 7) is 7.05. The maximum atomic E-state index is 5.50. The van der Waals surface area contributed by atoms with Gasteiger partial charge < -0.3 is 9.16 Å². The average molecular weight is 198 g/mol. The van der Waals surface area contributed by atoms with E-state index in [1.54, 1.807) is 0 Å². The second-order valence-corrected chi connectivity index (χ2v) is 5.62. The number of ether oxygens (including phenoxy) is 1. The summed E-state index contributed by atoms with van der Waals surface area (Å²) in [5, 5.41) is 1.40. The molecule has 1 aliphatic carbocycles. The van der Waals surface area contributed by atoms with Crippen LogP contribution < -0.4 is 0 Å². The van der Waals surface area contributed by atoms with Gasteiger partial charge in [-0.15, -0.1) is 6.58 Å². The van der Waals surface area contributed by atoms with Crippen molar-refractivity contribution in [3.63, 3.8) is 0 Å². The molecule has 3 atom stereocenters. The lowest BCUT2D eigenvalue weighted by atomic mass is 9.89. The lowest BCUT2D eigenvalue weighted by molar-refractivity contribution is 0.355. The van der Waals surface area contributed by atoms with Crippen LogP contribution in [0.5, 0.6) is 0 Å². The number of rotatable bonds is 4. The van der Waals surface area contributed by atoms with Crippen LogP contribution >= 0.6 is 0 Å². The Morgan fingerprint density at radius 2 is 2.38 bits per heavy atom. The third-order valence-corrected chi connectivity index (χ3v) is 4.63. The van der Waals surface area contributed by atoms with Crippen LogP contribution in [-0.4, -0.2) is 28.6 Å². The smallest absolute Gasteiger partial charge is 0.187 e. The molecule has 3 heteroatoms. The summed E-state index contributed by atoms with van der Waals surface area (Å²) >= 11 is 0. The Bertz CT molecular complexity index is 205. The molecule has 2 nitrogen and oxygen atoms in total. The monoisotopic (exact) mass is 198 g/mol. The van der Waals surface area contributed by atoms with Crippen molar-refractivity contribution in [3.05, 3.63) is 11.8 Å². The molecule has 1 aliphatic heterocycles. The highest BCUT2D eigenvalue weighted by atomic mass is 28.2. The van der Waals surface area contributed by atoms with Crippen molar-refractivity contribution in [1.29, 1.82) is 0 Å². The van der Waals surface area contributed by atoms with Crippen LogP contribution in [0.2, 0.25) is 0 Å². The Kier molecular flexibility index (Phi) is 2.86. The number of hydrogen-bond donors (Lipinski definition) is 0. The molecule has 1 heterocycles. The third-order valence-electron chi connectivity index (χ3n) is 3.07. The van der Waals surface area contributed by atoms with E-state index >= 15 is 0 Å². The third kappa shape index (κ3) is 2.21. The van der Waals surface area contributed by atoms with Crippen LogP contribution in [0.3, 0.4) is 0 Å². The molecule has 0 bridgehead atoms. The van der Waals surface area contributed by atoms with E-state index in [-0.39, 0.29) is 0 Å². The van der Waals surface area contributed by atoms with E-state index in [0.29, 0.717) is 18.1 Å². The van der Waals surface area contributed by atoms with Gasteiger partial charge in [-0.3, -0.25) is 0 Å². The summed E-state index contributed by atoms with van der Waals surface area (Å²) < 4.78 is 11.0. The lowest BCUT2D eigenvalue weighted by Crippen LogP contribution is -2.19. The Morgan fingerprint density at radius 3 is 3.08 bits per heavy atom. The first kappa shape index (κ1) is 9.43. The molecule has 0 radical (unpaired) electrons. The Balaban J connectivity index is 1.75. The van der Waals surface area contributed by atoms with Gasteiger partial charge in [0.25, 0.3) is 0 Å². The fraction of sp³-hybridized carbons (Fsp3) is 0.800. The second kappa shape index (κ2) is 3.94. The Labute approximate surface area is 82.2 Å². The van der Waals surface area contributed by atoms with Gasteiger partial charge in [0.05, 0.1) is 12.2 Å². The molecule has 0 aromatic carbocycles. The van der Waals surface area contributed by atoms with Crippen LogP contribution in [-0.2, 0) is 9.16 Å². The maximum Gasteiger partial charge on any atom is 0.187 e. The van der Waals surface area contributed by atoms with Crippen molar-refractivity contribution >= 4 is 9.76 Å². The molecule has 2 rings (SSSR count). The summed E-state index contributed by atoms with van der Waals surface area (Å²) in [6, 6.07) is 0. The minimum atomic E-state index is -0.463. The average Bonchev–Trinajstić information content (AvgIpc) is 2.91. The quantitative estimate of drug-likeness (QED) is 0.500. The van der Waals surface area contributed by atoms with Crippen LogP contribution in [0.4, 0.5) is 0 Å². The zero-order valence-corrected chi connectivity index (χ0v) is 9.71. The van der Waals surface area contributed by atoms with Gasteiger partial charge in [-0.2, -0.15) is 0 Å². The molecule has 0 N–H and O–H groups in total. The van der Waals surface area contributed by atoms with Gasteiger partial charge in [-0.05, 0) is 32.1 Å². The molecule has 3 unspecified atom stereocenters. The van der Waals surface area contributed by atoms with Crippen LogP contribution in [0.1, 0.15) is 26.2 Å². The molecular weight excluding hydrogens is 180 g/mol. The highest BCUT2D eigenvalue weighted by Crippen LogP contribution is 2.41. The first-order valence-electron chi connectivity index (χ1n) is 5.22. The maximum absolute atomic E-state index is 5.50. The largest absolute Gasteiger partial charge is 0.419 e. The SMILES string of the molecule is C=C([SiH2]OCC)C1CCC2OC2C1. The molecule has 74 valence electrons. The van der Waals surface area contributed by atoms with Gasteiger partial charge in [0, 0.05) is 6.61 Å².